The lowest BCUT2D eigenvalue weighted by Crippen LogP contribution is -2.14. The molecule has 0 saturated carbocycles. The maximum Gasteiger partial charge on any atom is 0.311 e. The molecule has 1 rings (SSSR count). The standard InChI is InChI=1S/C8H10ClNO2S/c9-7-2-1-6(13-7)5(3-4-10)8(11)12/h1-2,5H,3-4,10H2,(H,11,12). The number of carbonyl (C=O) groups is 1. The van der Waals surface area contributed by atoms with Crippen LogP contribution in [0.15, 0.2) is 12.1 Å². The predicted octanol–water partition coefficient (Wildman–Crippen LogP) is 1.92. The lowest BCUT2D eigenvalue weighted by Gasteiger charge is -2.07. The quantitative estimate of drug-likeness (QED) is 0.813. The van der Waals surface area contributed by atoms with Gasteiger partial charge in [-0.1, -0.05) is 11.6 Å². The highest BCUT2D eigenvalue weighted by Gasteiger charge is 2.20. The number of carboxylic acid groups (broad SMARTS) is 1. The average molecular weight is 220 g/mol. The first-order chi connectivity index (χ1) is 6.15. The minimum Gasteiger partial charge on any atom is -0.481 e. The molecule has 0 aliphatic heterocycles. The van der Waals surface area contributed by atoms with Crippen LogP contribution in [0.4, 0.5) is 0 Å². The van der Waals surface area contributed by atoms with Crippen molar-refractivity contribution in [1.29, 1.82) is 0 Å². The van der Waals surface area contributed by atoms with E-state index in [9.17, 15) is 4.79 Å². The number of rotatable bonds is 4. The Balaban J connectivity index is 2.81. The highest BCUT2D eigenvalue weighted by molar-refractivity contribution is 7.16. The van der Waals surface area contributed by atoms with Gasteiger partial charge in [0.25, 0.3) is 0 Å². The van der Waals surface area contributed by atoms with Crippen LogP contribution in [-0.4, -0.2) is 17.6 Å². The fourth-order valence-corrected chi connectivity index (χ4v) is 2.26. The van der Waals surface area contributed by atoms with E-state index in [0.717, 1.165) is 4.88 Å². The Bertz CT molecular complexity index is 300. The van der Waals surface area contributed by atoms with Crippen LogP contribution in [0.25, 0.3) is 0 Å². The van der Waals surface area contributed by atoms with Gasteiger partial charge in [0.2, 0.25) is 0 Å². The van der Waals surface area contributed by atoms with Crippen molar-refractivity contribution in [2.24, 2.45) is 5.73 Å². The fourth-order valence-electron chi connectivity index (χ4n) is 1.07. The zero-order valence-electron chi connectivity index (χ0n) is 6.87. The number of nitrogens with two attached hydrogens (primary N) is 1. The Morgan fingerprint density at radius 3 is 2.77 bits per heavy atom. The number of thiophene rings is 1. The molecule has 1 unspecified atom stereocenters. The van der Waals surface area contributed by atoms with Gasteiger partial charge in [0.15, 0.2) is 0 Å². The lowest BCUT2D eigenvalue weighted by molar-refractivity contribution is -0.138. The van der Waals surface area contributed by atoms with E-state index >= 15 is 0 Å². The lowest BCUT2D eigenvalue weighted by atomic mass is 10.0. The number of carboxylic acids is 1. The van der Waals surface area contributed by atoms with E-state index in [-0.39, 0.29) is 0 Å². The van der Waals surface area contributed by atoms with E-state index in [4.69, 9.17) is 22.4 Å². The van der Waals surface area contributed by atoms with Gasteiger partial charge in [0.1, 0.15) is 0 Å². The van der Waals surface area contributed by atoms with Gasteiger partial charge < -0.3 is 10.8 Å². The molecule has 0 fully saturated rings. The molecule has 72 valence electrons. The summed E-state index contributed by atoms with van der Waals surface area (Å²) in [6.07, 6.45) is 0.451. The third-order valence-electron chi connectivity index (χ3n) is 1.69. The summed E-state index contributed by atoms with van der Waals surface area (Å²) in [4.78, 5) is 11.6. The monoisotopic (exact) mass is 219 g/mol. The third kappa shape index (κ3) is 2.69. The van der Waals surface area contributed by atoms with Gasteiger partial charge in [0.05, 0.1) is 10.3 Å². The van der Waals surface area contributed by atoms with Crippen LogP contribution in [0.5, 0.6) is 0 Å². The van der Waals surface area contributed by atoms with E-state index < -0.39 is 11.9 Å². The summed E-state index contributed by atoms with van der Waals surface area (Å²) >= 11 is 7.00. The molecule has 3 N–H and O–H groups in total. The van der Waals surface area contributed by atoms with Crippen molar-refractivity contribution < 1.29 is 9.90 Å². The maximum absolute atomic E-state index is 10.8. The first kappa shape index (κ1) is 10.5. The van der Waals surface area contributed by atoms with Crippen LogP contribution in [0.1, 0.15) is 17.2 Å². The molecular formula is C8H10ClNO2S. The van der Waals surface area contributed by atoms with E-state index in [1.807, 2.05) is 0 Å². The zero-order chi connectivity index (χ0) is 9.84. The van der Waals surface area contributed by atoms with Crippen molar-refractivity contribution in [3.63, 3.8) is 0 Å². The molecule has 3 nitrogen and oxygen atoms in total. The molecule has 0 radical (unpaired) electrons. The van der Waals surface area contributed by atoms with Crippen LogP contribution in [0, 0.1) is 0 Å². The van der Waals surface area contributed by atoms with Crippen molar-refractivity contribution in [3.05, 3.63) is 21.3 Å². The van der Waals surface area contributed by atoms with E-state index in [1.165, 1.54) is 11.3 Å². The van der Waals surface area contributed by atoms with Crippen LogP contribution in [-0.2, 0) is 4.79 Å². The summed E-state index contributed by atoms with van der Waals surface area (Å²) in [5.41, 5.74) is 5.32. The van der Waals surface area contributed by atoms with E-state index in [1.54, 1.807) is 12.1 Å². The molecule has 5 heteroatoms. The van der Waals surface area contributed by atoms with Gasteiger partial charge in [-0.2, -0.15) is 0 Å². The summed E-state index contributed by atoms with van der Waals surface area (Å²) in [5.74, 6) is -1.36. The van der Waals surface area contributed by atoms with Gasteiger partial charge >= 0.3 is 5.97 Å². The van der Waals surface area contributed by atoms with Gasteiger partial charge in [-0.05, 0) is 25.1 Å². The summed E-state index contributed by atoms with van der Waals surface area (Å²) < 4.78 is 0.610. The summed E-state index contributed by atoms with van der Waals surface area (Å²) in [6, 6.07) is 3.44. The normalized spacial score (nSPS) is 12.8. The van der Waals surface area contributed by atoms with Gasteiger partial charge in [0, 0.05) is 4.88 Å². The van der Waals surface area contributed by atoms with Crippen molar-refractivity contribution in [2.75, 3.05) is 6.54 Å². The Kier molecular flexibility index (Phi) is 3.71. The number of aliphatic carboxylic acids is 1. The topological polar surface area (TPSA) is 63.3 Å². The molecule has 1 aromatic rings. The molecule has 1 aromatic heterocycles. The molecule has 0 bridgehead atoms. The van der Waals surface area contributed by atoms with Crippen molar-refractivity contribution in [2.45, 2.75) is 12.3 Å². The number of hydrogen-bond acceptors (Lipinski definition) is 3. The maximum atomic E-state index is 10.8. The minimum absolute atomic E-state index is 0.368. The first-order valence-electron chi connectivity index (χ1n) is 3.83. The highest BCUT2D eigenvalue weighted by Crippen LogP contribution is 2.29. The summed E-state index contributed by atoms with van der Waals surface area (Å²) in [5, 5.41) is 8.88. The van der Waals surface area contributed by atoms with Gasteiger partial charge in [-0.25, -0.2) is 0 Å². The van der Waals surface area contributed by atoms with Crippen LogP contribution in [0.2, 0.25) is 4.34 Å². The smallest absolute Gasteiger partial charge is 0.311 e. The summed E-state index contributed by atoms with van der Waals surface area (Å²) in [7, 11) is 0. The second kappa shape index (κ2) is 4.60. The van der Waals surface area contributed by atoms with Crippen LogP contribution >= 0.6 is 22.9 Å². The highest BCUT2D eigenvalue weighted by atomic mass is 35.5. The Labute approximate surface area is 85.1 Å². The van der Waals surface area contributed by atoms with E-state index in [2.05, 4.69) is 0 Å². The second-order valence-electron chi connectivity index (χ2n) is 2.61. The Hall–Kier alpha value is -0.580. The van der Waals surface area contributed by atoms with Gasteiger partial charge in [-0.3, -0.25) is 4.79 Å². The molecule has 0 amide bonds. The molecular weight excluding hydrogens is 210 g/mol. The molecule has 1 heterocycles. The minimum atomic E-state index is -0.844. The largest absolute Gasteiger partial charge is 0.481 e. The Morgan fingerprint density at radius 1 is 1.69 bits per heavy atom. The predicted molar refractivity (Wildman–Crippen MR) is 53.4 cm³/mol. The second-order valence-corrected chi connectivity index (χ2v) is 4.36. The van der Waals surface area contributed by atoms with Crippen molar-refractivity contribution in [1.82, 2.24) is 0 Å². The SMILES string of the molecule is NCCC(C(=O)O)c1ccc(Cl)s1. The molecule has 0 aromatic carbocycles. The molecule has 0 aliphatic carbocycles. The molecule has 0 aliphatic rings. The molecule has 1 atom stereocenters. The zero-order valence-corrected chi connectivity index (χ0v) is 8.44. The van der Waals surface area contributed by atoms with Crippen molar-refractivity contribution in [3.8, 4) is 0 Å². The summed E-state index contributed by atoms with van der Waals surface area (Å²) in [6.45, 7) is 0.368. The van der Waals surface area contributed by atoms with Gasteiger partial charge in [-0.15, -0.1) is 11.3 Å². The first-order valence-corrected chi connectivity index (χ1v) is 5.02. The fraction of sp³-hybridized carbons (Fsp3) is 0.375. The van der Waals surface area contributed by atoms with Crippen LogP contribution in [0.3, 0.4) is 0 Å². The number of hydrogen-bond donors (Lipinski definition) is 2. The Morgan fingerprint density at radius 2 is 2.38 bits per heavy atom. The molecule has 0 saturated heterocycles. The van der Waals surface area contributed by atoms with E-state index in [0.29, 0.717) is 17.3 Å². The third-order valence-corrected chi connectivity index (χ3v) is 3.04. The van der Waals surface area contributed by atoms with Crippen molar-refractivity contribution >= 4 is 28.9 Å². The molecule has 13 heavy (non-hydrogen) atoms. The average Bonchev–Trinajstić information content (AvgIpc) is 2.46. The number of halogens is 1. The van der Waals surface area contributed by atoms with Crippen LogP contribution < -0.4 is 5.73 Å². The molecule has 0 spiro atoms.